The van der Waals surface area contributed by atoms with Gasteiger partial charge in [-0.3, -0.25) is 14.6 Å². The van der Waals surface area contributed by atoms with Crippen LogP contribution in [0.3, 0.4) is 0 Å². The zero-order chi connectivity index (χ0) is 17.5. The Morgan fingerprint density at radius 1 is 0.846 bits per heavy atom. The summed E-state index contributed by atoms with van der Waals surface area (Å²) >= 11 is 0. The van der Waals surface area contributed by atoms with Gasteiger partial charge in [0.1, 0.15) is 0 Å². The maximum atomic E-state index is 12.9. The molecule has 3 aromatic rings. The van der Waals surface area contributed by atoms with Gasteiger partial charge in [-0.25, -0.2) is 0 Å². The number of rotatable bonds is 3. The molecule has 2 fully saturated rings. The third-order valence-electron chi connectivity index (χ3n) is 6.01. The summed E-state index contributed by atoms with van der Waals surface area (Å²) < 4.78 is 0. The third-order valence-corrected chi connectivity index (χ3v) is 6.01. The fourth-order valence-electron chi connectivity index (χ4n) is 4.68. The summed E-state index contributed by atoms with van der Waals surface area (Å²) in [4.78, 5) is 17.9. The highest BCUT2D eigenvalue weighted by molar-refractivity contribution is 6.04. The van der Waals surface area contributed by atoms with E-state index in [1.165, 1.54) is 48.5 Å². The number of hydrogen-bond donors (Lipinski definition) is 0. The van der Waals surface area contributed by atoms with Crippen LogP contribution in [0.1, 0.15) is 29.6 Å². The largest absolute Gasteiger partial charge is 0.293 e. The Labute approximate surface area is 154 Å². The van der Waals surface area contributed by atoms with Crippen LogP contribution in [0.15, 0.2) is 54.6 Å². The van der Waals surface area contributed by atoms with Gasteiger partial charge >= 0.3 is 0 Å². The zero-order valence-corrected chi connectivity index (χ0v) is 15.0. The van der Waals surface area contributed by atoms with Crippen molar-refractivity contribution < 1.29 is 4.79 Å². The lowest BCUT2D eigenvalue weighted by Gasteiger charge is -2.39. The number of nitrogens with zero attached hydrogens (tertiary/aromatic N) is 2. The molecule has 0 aromatic heterocycles. The Balaban J connectivity index is 1.42. The fraction of sp³-hybridized carbons (Fsp3) is 0.348. The maximum absolute atomic E-state index is 12.9. The van der Waals surface area contributed by atoms with Gasteiger partial charge in [-0.05, 0) is 65.6 Å². The van der Waals surface area contributed by atoms with Crippen molar-refractivity contribution in [3.63, 3.8) is 0 Å². The van der Waals surface area contributed by atoms with Crippen LogP contribution in [-0.2, 0) is 0 Å². The fourth-order valence-corrected chi connectivity index (χ4v) is 4.68. The van der Waals surface area contributed by atoms with Crippen LogP contribution < -0.4 is 0 Å². The first kappa shape index (κ1) is 16.0. The van der Waals surface area contributed by atoms with E-state index in [4.69, 9.17) is 0 Å². The van der Waals surface area contributed by atoms with Gasteiger partial charge in [0.15, 0.2) is 5.78 Å². The third kappa shape index (κ3) is 2.81. The van der Waals surface area contributed by atoms with Crippen molar-refractivity contribution in [3.05, 3.63) is 60.2 Å². The molecule has 3 nitrogen and oxygen atoms in total. The molecule has 0 saturated carbocycles. The van der Waals surface area contributed by atoms with Crippen LogP contribution in [0.5, 0.6) is 0 Å². The lowest BCUT2D eigenvalue weighted by atomic mass is 10.00. The highest BCUT2D eigenvalue weighted by Gasteiger charge is 2.33. The van der Waals surface area contributed by atoms with Crippen LogP contribution in [0.25, 0.3) is 21.5 Å². The first-order chi connectivity index (χ1) is 12.8. The summed E-state index contributed by atoms with van der Waals surface area (Å²) in [5, 5.41) is 4.81. The highest BCUT2D eigenvalue weighted by atomic mass is 16.1. The Morgan fingerprint density at radius 3 is 2.42 bits per heavy atom. The van der Waals surface area contributed by atoms with Crippen molar-refractivity contribution in [1.29, 1.82) is 0 Å². The molecule has 1 atom stereocenters. The van der Waals surface area contributed by atoms with Gasteiger partial charge in [0.05, 0.1) is 12.7 Å². The van der Waals surface area contributed by atoms with Crippen LogP contribution in [0.4, 0.5) is 0 Å². The standard InChI is InChI=1S/C23H24N2O/c26-22(16-25-12-4-11-24-10-3-7-23(24)25)20-9-8-19-13-17-5-1-2-6-18(17)14-21(19)15-20/h1-2,5-6,8-9,13-15,23H,3-4,7,10-12,16H2. The summed E-state index contributed by atoms with van der Waals surface area (Å²) in [6, 6.07) is 19.0. The van der Waals surface area contributed by atoms with Gasteiger partial charge in [0.25, 0.3) is 0 Å². The number of hydrogen-bond acceptors (Lipinski definition) is 3. The lowest BCUT2D eigenvalue weighted by Crippen LogP contribution is -2.51. The normalized spacial score (nSPS) is 21.3. The van der Waals surface area contributed by atoms with Crippen LogP contribution in [0.2, 0.25) is 0 Å². The van der Waals surface area contributed by atoms with Gasteiger partial charge in [-0.15, -0.1) is 0 Å². The van der Waals surface area contributed by atoms with E-state index in [1.54, 1.807) is 0 Å². The van der Waals surface area contributed by atoms with Crippen LogP contribution in [-0.4, -0.2) is 47.9 Å². The smallest absolute Gasteiger partial charge is 0.176 e. The van der Waals surface area contributed by atoms with E-state index in [9.17, 15) is 4.79 Å². The summed E-state index contributed by atoms with van der Waals surface area (Å²) in [7, 11) is 0. The van der Waals surface area contributed by atoms with Gasteiger partial charge < -0.3 is 0 Å². The van der Waals surface area contributed by atoms with E-state index in [0.29, 0.717) is 12.7 Å². The Morgan fingerprint density at radius 2 is 1.58 bits per heavy atom. The number of Topliss-reactive ketones (excluding diaryl/α,β-unsaturated/α-hetero) is 1. The summed E-state index contributed by atoms with van der Waals surface area (Å²) in [5.41, 5.74) is 0.836. The second kappa shape index (κ2) is 6.49. The molecule has 2 aliphatic heterocycles. The first-order valence-corrected chi connectivity index (χ1v) is 9.72. The predicted molar refractivity (Wildman–Crippen MR) is 107 cm³/mol. The number of benzene rings is 3. The highest BCUT2D eigenvalue weighted by Crippen LogP contribution is 2.26. The topological polar surface area (TPSA) is 23.6 Å². The minimum atomic E-state index is 0.244. The van der Waals surface area contributed by atoms with E-state index in [-0.39, 0.29) is 5.78 Å². The number of ketones is 1. The quantitative estimate of drug-likeness (QED) is 0.523. The number of carbonyl (C=O) groups is 1. The first-order valence-electron chi connectivity index (χ1n) is 9.72. The second-order valence-electron chi connectivity index (χ2n) is 7.67. The molecule has 0 bridgehead atoms. The zero-order valence-electron chi connectivity index (χ0n) is 15.0. The average Bonchev–Trinajstić information content (AvgIpc) is 3.15. The molecule has 26 heavy (non-hydrogen) atoms. The second-order valence-corrected chi connectivity index (χ2v) is 7.67. The molecule has 3 heteroatoms. The maximum Gasteiger partial charge on any atom is 0.176 e. The molecule has 2 aliphatic rings. The molecular formula is C23H24N2O. The van der Waals surface area contributed by atoms with Crippen LogP contribution >= 0.6 is 0 Å². The lowest BCUT2D eigenvalue weighted by molar-refractivity contribution is 0.0338. The monoisotopic (exact) mass is 344 g/mol. The Kier molecular flexibility index (Phi) is 3.99. The van der Waals surface area contributed by atoms with Gasteiger partial charge in [0, 0.05) is 18.7 Å². The van der Waals surface area contributed by atoms with Crippen molar-refractivity contribution in [2.24, 2.45) is 0 Å². The Hall–Kier alpha value is -2.23. The molecular weight excluding hydrogens is 320 g/mol. The molecule has 2 saturated heterocycles. The van der Waals surface area contributed by atoms with Gasteiger partial charge in [-0.1, -0.05) is 36.4 Å². The van der Waals surface area contributed by atoms with Crippen molar-refractivity contribution in [2.45, 2.75) is 25.4 Å². The van der Waals surface area contributed by atoms with E-state index in [2.05, 4.69) is 58.3 Å². The van der Waals surface area contributed by atoms with Crippen molar-refractivity contribution >= 4 is 27.3 Å². The molecule has 0 amide bonds. The molecule has 1 unspecified atom stereocenters. The summed E-state index contributed by atoms with van der Waals surface area (Å²) in [5.74, 6) is 0.244. The molecule has 0 radical (unpaired) electrons. The molecule has 0 N–H and O–H groups in total. The van der Waals surface area contributed by atoms with Gasteiger partial charge in [-0.2, -0.15) is 0 Å². The minimum Gasteiger partial charge on any atom is -0.293 e. The van der Waals surface area contributed by atoms with E-state index >= 15 is 0 Å². The molecule has 3 aromatic carbocycles. The van der Waals surface area contributed by atoms with Crippen molar-refractivity contribution in [3.8, 4) is 0 Å². The van der Waals surface area contributed by atoms with Crippen molar-refractivity contribution in [1.82, 2.24) is 9.80 Å². The molecule has 132 valence electrons. The predicted octanol–water partition coefficient (Wildman–Crippen LogP) is 4.30. The SMILES string of the molecule is O=C(CN1CCCN2CCCC21)c1ccc2cc3ccccc3cc2c1. The molecule has 2 heterocycles. The van der Waals surface area contributed by atoms with E-state index in [0.717, 1.165) is 17.5 Å². The summed E-state index contributed by atoms with van der Waals surface area (Å²) in [6.07, 6.45) is 4.13. The summed E-state index contributed by atoms with van der Waals surface area (Å²) in [6.45, 7) is 3.97. The van der Waals surface area contributed by atoms with E-state index in [1.807, 2.05) is 6.07 Å². The average molecular weight is 344 g/mol. The Bertz CT molecular complexity index is 980. The number of fused-ring (bicyclic) bond motifs is 3. The molecule has 0 aliphatic carbocycles. The molecule has 0 spiro atoms. The molecule has 5 rings (SSSR count). The number of carbonyl (C=O) groups excluding carboxylic acids is 1. The van der Waals surface area contributed by atoms with Gasteiger partial charge in [0.2, 0.25) is 0 Å². The van der Waals surface area contributed by atoms with Crippen LogP contribution in [0, 0.1) is 0 Å². The van der Waals surface area contributed by atoms with Crippen molar-refractivity contribution in [2.75, 3.05) is 26.2 Å². The van der Waals surface area contributed by atoms with E-state index < -0.39 is 0 Å². The minimum absolute atomic E-state index is 0.244.